The number of halogens is 1. The van der Waals surface area contributed by atoms with Crippen LogP contribution in [0, 0.1) is 5.82 Å². The second-order valence-corrected chi connectivity index (χ2v) is 7.85. The van der Waals surface area contributed by atoms with Crippen molar-refractivity contribution in [1.29, 1.82) is 0 Å². The Morgan fingerprint density at radius 3 is 2.07 bits per heavy atom. The van der Waals surface area contributed by atoms with E-state index < -0.39 is 0 Å². The highest BCUT2D eigenvalue weighted by atomic mass is 19.1. The molecule has 4 rings (SSSR count). The Balaban J connectivity index is 1.56. The summed E-state index contributed by atoms with van der Waals surface area (Å²) in [4.78, 5) is 0. The third-order valence-electron chi connectivity index (χ3n) is 5.80. The molecule has 2 unspecified atom stereocenters. The average Bonchev–Trinajstić information content (AvgIpc) is 2.75. The quantitative estimate of drug-likeness (QED) is 0.528. The molecule has 2 atom stereocenters. The lowest BCUT2D eigenvalue weighted by Crippen LogP contribution is -2.37. The smallest absolute Gasteiger partial charge is 0.123 e. The lowest BCUT2D eigenvalue weighted by Gasteiger charge is -2.35. The first-order valence-corrected chi connectivity index (χ1v) is 9.95. The lowest BCUT2D eigenvalue weighted by molar-refractivity contribution is 0.411. The molecule has 0 spiro atoms. The number of nitrogens with one attached hydrogen (secondary N) is 1. The highest BCUT2D eigenvalue weighted by molar-refractivity contribution is 5.35. The SMILES string of the molecule is CC1(c2cccc(F)c2)C=CC(NC(c2ccccc2)c2ccccc2)CC1. The maximum atomic E-state index is 13.7. The van der Waals surface area contributed by atoms with Crippen molar-refractivity contribution in [2.45, 2.75) is 37.3 Å². The van der Waals surface area contributed by atoms with Gasteiger partial charge in [-0.25, -0.2) is 4.39 Å². The van der Waals surface area contributed by atoms with E-state index in [1.807, 2.05) is 6.07 Å². The molecule has 0 aromatic heterocycles. The van der Waals surface area contributed by atoms with Gasteiger partial charge in [-0.15, -0.1) is 0 Å². The highest BCUT2D eigenvalue weighted by Crippen LogP contribution is 2.36. The largest absolute Gasteiger partial charge is 0.300 e. The fourth-order valence-corrected chi connectivity index (χ4v) is 4.08. The van der Waals surface area contributed by atoms with Gasteiger partial charge in [-0.05, 0) is 41.7 Å². The molecule has 0 saturated heterocycles. The number of hydrogen-bond acceptors (Lipinski definition) is 1. The molecule has 0 amide bonds. The number of benzene rings is 3. The molecule has 28 heavy (non-hydrogen) atoms. The van der Waals surface area contributed by atoms with Crippen LogP contribution >= 0.6 is 0 Å². The molecule has 1 aliphatic carbocycles. The Kier molecular flexibility index (Phi) is 5.40. The maximum absolute atomic E-state index is 13.7. The average molecular weight is 371 g/mol. The molecule has 1 nitrogen and oxygen atoms in total. The Morgan fingerprint density at radius 1 is 0.893 bits per heavy atom. The van der Waals surface area contributed by atoms with Crippen molar-refractivity contribution in [3.05, 3.63) is 120 Å². The zero-order chi connectivity index (χ0) is 19.4. The van der Waals surface area contributed by atoms with Gasteiger partial charge in [-0.2, -0.15) is 0 Å². The first-order chi connectivity index (χ1) is 13.6. The van der Waals surface area contributed by atoms with Crippen molar-refractivity contribution in [3.63, 3.8) is 0 Å². The maximum Gasteiger partial charge on any atom is 0.123 e. The van der Waals surface area contributed by atoms with Crippen LogP contribution in [0.1, 0.15) is 42.5 Å². The van der Waals surface area contributed by atoms with Crippen molar-refractivity contribution in [2.24, 2.45) is 0 Å². The molecule has 0 bridgehead atoms. The number of allylic oxidation sites excluding steroid dienone is 1. The zero-order valence-corrected chi connectivity index (χ0v) is 16.2. The molecule has 3 aromatic rings. The van der Waals surface area contributed by atoms with Crippen molar-refractivity contribution in [3.8, 4) is 0 Å². The van der Waals surface area contributed by atoms with Gasteiger partial charge in [-0.3, -0.25) is 5.32 Å². The lowest BCUT2D eigenvalue weighted by atomic mass is 9.74. The van der Waals surface area contributed by atoms with Crippen LogP contribution in [0.3, 0.4) is 0 Å². The van der Waals surface area contributed by atoms with Crippen LogP contribution in [0.4, 0.5) is 4.39 Å². The number of rotatable bonds is 5. The van der Waals surface area contributed by atoms with Crippen LogP contribution < -0.4 is 5.32 Å². The van der Waals surface area contributed by atoms with E-state index in [4.69, 9.17) is 0 Å². The minimum atomic E-state index is -0.166. The van der Waals surface area contributed by atoms with Crippen LogP contribution in [-0.4, -0.2) is 6.04 Å². The van der Waals surface area contributed by atoms with Crippen molar-refractivity contribution in [1.82, 2.24) is 5.32 Å². The second-order valence-electron chi connectivity index (χ2n) is 7.85. The first kappa shape index (κ1) is 18.6. The molecular weight excluding hydrogens is 345 g/mol. The van der Waals surface area contributed by atoms with Gasteiger partial charge in [0.1, 0.15) is 5.82 Å². The number of hydrogen-bond donors (Lipinski definition) is 1. The van der Waals surface area contributed by atoms with E-state index >= 15 is 0 Å². The van der Waals surface area contributed by atoms with Crippen LogP contribution in [0.15, 0.2) is 97.1 Å². The Labute approximate surface area is 166 Å². The first-order valence-electron chi connectivity index (χ1n) is 9.95. The minimum Gasteiger partial charge on any atom is -0.300 e. The molecule has 142 valence electrons. The van der Waals surface area contributed by atoms with Crippen molar-refractivity contribution in [2.75, 3.05) is 0 Å². The van der Waals surface area contributed by atoms with Gasteiger partial charge < -0.3 is 0 Å². The van der Waals surface area contributed by atoms with Crippen molar-refractivity contribution >= 4 is 0 Å². The Hall–Kier alpha value is -2.71. The van der Waals surface area contributed by atoms with Gasteiger partial charge in [0.25, 0.3) is 0 Å². The molecule has 0 radical (unpaired) electrons. The van der Waals surface area contributed by atoms with Gasteiger partial charge in [-0.1, -0.05) is 91.9 Å². The monoisotopic (exact) mass is 371 g/mol. The van der Waals surface area contributed by atoms with Gasteiger partial charge in [0, 0.05) is 11.5 Å². The van der Waals surface area contributed by atoms with E-state index in [1.165, 1.54) is 17.2 Å². The van der Waals surface area contributed by atoms with Crippen LogP contribution in [-0.2, 0) is 5.41 Å². The molecule has 2 heteroatoms. The summed E-state index contributed by atoms with van der Waals surface area (Å²) in [6.45, 7) is 2.19. The Morgan fingerprint density at radius 2 is 1.54 bits per heavy atom. The fraction of sp³-hybridized carbons (Fsp3) is 0.231. The molecule has 0 fully saturated rings. The van der Waals surface area contributed by atoms with Crippen LogP contribution in [0.5, 0.6) is 0 Å². The predicted molar refractivity (Wildman–Crippen MR) is 114 cm³/mol. The highest BCUT2D eigenvalue weighted by Gasteiger charge is 2.29. The summed E-state index contributed by atoms with van der Waals surface area (Å²) in [5.41, 5.74) is 3.46. The van der Waals surface area contributed by atoms with Gasteiger partial charge >= 0.3 is 0 Å². The predicted octanol–water partition coefficient (Wildman–Crippen LogP) is 6.18. The summed E-state index contributed by atoms with van der Waals surface area (Å²) in [6, 6.07) is 28.6. The topological polar surface area (TPSA) is 12.0 Å². The van der Waals surface area contributed by atoms with Crippen LogP contribution in [0.2, 0.25) is 0 Å². The second kappa shape index (κ2) is 8.12. The van der Waals surface area contributed by atoms with E-state index in [1.54, 1.807) is 12.1 Å². The molecule has 3 aromatic carbocycles. The molecule has 1 N–H and O–H groups in total. The van der Waals surface area contributed by atoms with E-state index in [0.717, 1.165) is 18.4 Å². The summed E-state index contributed by atoms with van der Waals surface area (Å²) >= 11 is 0. The summed E-state index contributed by atoms with van der Waals surface area (Å²) in [5, 5.41) is 3.83. The minimum absolute atomic E-state index is 0.116. The summed E-state index contributed by atoms with van der Waals surface area (Å²) < 4.78 is 13.7. The molecule has 0 aliphatic heterocycles. The molecule has 1 aliphatic rings. The zero-order valence-electron chi connectivity index (χ0n) is 16.2. The molecular formula is C26H26FN. The standard InChI is InChI=1S/C26H26FN/c1-26(22-13-8-14-23(27)19-22)17-15-24(16-18-26)28-25(20-9-4-2-5-10-20)21-11-6-3-7-12-21/h2-15,17,19,24-25,28H,16,18H2,1H3. The van der Waals surface area contributed by atoms with Gasteiger partial charge in [0.15, 0.2) is 0 Å². The molecule has 0 heterocycles. The van der Waals surface area contributed by atoms with E-state index in [-0.39, 0.29) is 23.3 Å². The Bertz CT molecular complexity index is 895. The van der Waals surface area contributed by atoms with E-state index in [0.29, 0.717) is 0 Å². The van der Waals surface area contributed by atoms with Gasteiger partial charge in [0.2, 0.25) is 0 Å². The van der Waals surface area contributed by atoms with Crippen molar-refractivity contribution < 1.29 is 4.39 Å². The normalized spacial score (nSPS) is 21.8. The summed E-state index contributed by atoms with van der Waals surface area (Å²) in [7, 11) is 0. The fourth-order valence-electron chi connectivity index (χ4n) is 4.08. The molecule has 0 saturated carbocycles. The van der Waals surface area contributed by atoms with Gasteiger partial charge in [0.05, 0.1) is 6.04 Å². The summed E-state index contributed by atoms with van der Waals surface area (Å²) in [6.07, 6.45) is 6.50. The third-order valence-corrected chi connectivity index (χ3v) is 5.80. The van der Waals surface area contributed by atoms with Crippen LogP contribution in [0.25, 0.3) is 0 Å². The van der Waals surface area contributed by atoms with E-state index in [2.05, 4.69) is 85.1 Å². The third kappa shape index (κ3) is 4.07. The van der Waals surface area contributed by atoms with E-state index in [9.17, 15) is 4.39 Å². The summed E-state index contributed by atoms with van der Waals surface area (Å²) in [5.74, 6) is -0.166.